The molecule has 20 heavy (non-hydrogen) atoms. The lowest BCUT2D eigenvalue weighted by molar-refractivity contribution is 0.103. The van der Waals surface area contributed by atoms with Crippen LogP contribution in [0.2, 0.25) is 0 Å². The number of nitrogens with zero attached hydrogens (tertiary/aromatic N) is 2. The summed E-state index contributed by atoms with van der Waals surface area (Å²) in [6.45, 7) is 3.83. The van der Waals surface area contributed by atoms with Crippen molar-refractivity contribution in [1.29, 1.82) is 0 Å². The Morgan fingerprint density at radius 3 is 2.80 bits per heavy atom. The van der Waals surface area contributed by atoms with E-state index in [0.29, 0.717) is 22.8 Å². The van der Waals surface area contributed by atoms with Crippen LogP contribution >= 0.6 is 0 Å². The minimum absolute atomic E-state index is 0.0232. The Hall–Kier alpha value is -2.43. The van der Waals surface area contributed by atoms with Crippen molar-refractivity contribution < 1.29 is 14.3 Å². The predicted octanol–water partition coefficient (Wildman–Crippen LogP) is 2.50. The fraction of sp³-hybridized carbons (Fsp3) is 0.267. The Bertz CT molecular complexity index is 612. The van der Waals surface area contributed by atoms with Gasteiger partial charge in [-0.05, 0) is 32.0 Å². The molecule has 0 saturated heterocycles. The van der Waals surface area contributed by atoms with Gasteiger partial charge in [0.15, 0.2) is 5.78 Å². The van der Waals surface area contributed by atoms with Crippen LogP contribution in [0.15, 0.2) is 36.8 Å². The second-order valence-electron chi connectivity index (χ2n) is 4.47. The van der Waals surface area contributed by atoms with Crippen LogP contribution in [0.25, 0.3) is 0 Å². The highest BCUT2D eigenvalue weighted by Gasteiger charge is 2.16. The van der Waals surface area contributed by atoms with Gasteiger partial charge in [-0.15, -0.1) is 0 Å². The van der Waals surface area contributed by atoms with Gasteiger partial charge in [-0.2, -0.15) is 0 Å². The summed E-state index contributed by atoms with van der Waals surface area (Å²) in [5, 5.41) is 0. The molecule has 0 spiro atoms. The van der Waals surface area contributed by atoms with E-state index >= 15 is 0 Å². The smallest absolute Gasteiger partial charge is 0.224 e. The van der Waals surface area contributed by atoms with Crippen molar-refractivity contribution in [2.75, 3.05) is 7.11 Å². The molecule has 0 unspecified atom stereocenters. The molecule has 2 heterocycles. The molecule has 0 amide bonds. The highest BCUT2D eigenvalue weighted by molar-refractivity contribution is 6.10. The summed E-state index contributed by atoms with van der Waals surface area (Å²) >= 11 is 0. The van der Waals surface area contributed by atoms with Crippen LogP contribution in [0, 0.1) is 0 Å². The van der Waals surface area contributed by atoms with Crippen LogP contribution in [0.1, 0.15) is 29.8 Å². The van der Waals surface area contributed by atoms with Gasteiger partial charge < -0.3 is 9.47 Å². The van der Waals surface area contributed by atoms with Crippen molar-refractivity contribution >= 4 is 5.78 Å². The summed E-state index contributed by atoms with van der Waals surface area (Å²) in [7, 11) is 1.48. The zero-order valence-corrected chi connectivity index (χ0v) is 11.7. The number of hydrogen-bond acceptors (Lipinski definition) is 5. The molecule has 5 nitrogen and oxygen atoms in total. The molecule has 0 aliphatic heterocycles. The molecule has 2 rings (SSSR count). The minimum Gasteiger partial charge on any atom is -0.489 e. The molecular weight excluding hydrogens is 256 g/mol. The third-order valence-corrected chi connectivity index (χ3v) is 2.56. The fourth-order valence-corrected chi connectivity index (χ4v) is 1.76. The number of rotatable bonds is 5. The second kappa shape index (κ2) is 6.14. The summed E-state index contributed by atoms with van der Waals surface area (Å²) in [6.07, 6.45) is 4.68. The lowest BCUT2D eigenvalue weighted by Crippen LogP contribution is -2.09. The van der Waals surface area contributed by atoms with Gasteiger partial charge in [-0.25, -0.2) is 4.98 Å². The van der Waals surface area contributed by atoms with Crippen molar-refractivity contribution in [3.8, 4) is 11.6 Å². The molecule has 0 atom stereocenters. The molecule has 0 aliphatic carbocycles. The highest BCUT2D eigenvalue weighted by atomic mass is 16.5. The number of pyridine rings is 2. The topological polar surface area (TPSA) is 61.3 Å². The Kier molecular flexibility index (Phi) is 4.30. The monoisotopic (exact) mass is 272 g/mol. The van der Waals surface area contributed by atoms with Crippen LogP contribution in [0.4, 0.5) is 0 Å². The van der Waals surface area contributed by atoms with E-state index in [4.69, 9.17) is 9.47 Å². The standard InChI is InChI=1S/C15H16N2O3/c1-10(2)20-12-7-11(8-16-9-12)14(18)13-5-4-6-17-15(13)19-3/h4-10H,1-3H3. The lowest BCUT2D eigenvalue weighted by Gasteiger charge is -2.10. The van der Waals surface area contributed by atoms with Gasteiger partial charge in [0.05, 0.1) is 25.0 Å². The number of carbonyl (C=O) groups excluding carboxylic acids is 1. The van der Waals surface area contributed by atoms with Gasteiger partial charge >= 0.3 is 0 Å². The first-order chi connectivity index (χ1) is 9.61. The molecule has 0 aliphatic rings. The van der Waals surface area contributed by atoms with E-state index in [0.717, 1.165) is 0 Å². The average Bonchev–Trinajstić information content (AvgIpc) is 2.46. The van der Waals surface area contributed by atoms with Crippen molar-refractivity contribution in [2.24, 2.45) is 0 Å². The SMILES string of the molecule is COc1ncccc1C(=O)c1cncc(OC(C)C)c1. The molecular formula is C15H16N2O3. The number of ketones is 1. The highest BCUT2D eigenvalue weighted by Crippen LogP contribution is 2.20. The maximum absolute atomic E-state index is 12.4. The molecule has 2 aromatic heterocycles. The first kappa shape index (κ1) is 14.0. The number of aromatic nitrogens is 2. The maximum atomic E-state index is 12.4. The normalized spacial score (nSPS) is 10.4. The summed E-state index contributed by atoms with van der Waals surface area (Å²) in [5.41, 5.74) is 0.841. The summed E-state index contributed by atoms with van der Waals surface area (Å²) in [6, 6.07) is 5.03. The summed E-state index contributed by atoms with van der Waals surface area (Å²) in [4.78, 5) is 20.5. The lowest BCUT2D eigenvalue weighted by atomic mass is 10.1. The van der Waals surface area contributed by atoms with E-state index < -0.39 is 0 Å². The molecule has 5 heteroatoms. The third-order valence-electron chi connectivity index (χ3n) is 2.56. The minimum atomic E-state index is -0.198. The quantitative estimate of drug-likeness (QED) is 0.783. The molecule has 0 saturated carbocycles. The molecule has 0 radical (unpaired) electrons. The second-order valence-corrected chi connectivity index (χ2v) is 4.47. The van der Waals surface area contributed by atoms with Crippen molar-refractivity contribution in [3.05, 3.63) is 47.9 Å². The molecule has 2 aromatic rings. The van der Waals surface area contributed by atoms with Crippen LogP contribution in [0.5, 0.6) is 11.6 Å². The Labute approximate surface area is 117 Å². The zero-order valence-electron chi connectivity index (χ0n) is 11.7. The molecule has 0 N–H and O–H groups in total. The van der Waals surface area contributed by atoms with Crippen LogP contribution in [-0.4, -0.2) is 29.0 Å². The van der Waals surface area contributed by atoms with E-state index in [2.05, 4.69) is 9.97 Å². The Morgan fingerprint density at radius 1 is 1.30 bits per heavy atom. The zero-order chi connectivity index (χ0) is 14.5. The maximum Gasteiger partial charge on any atom is 0.224 e. The fourth-order valence-electron chi connectivity index (χ4n) is 1.76. The third kappa shape index (κ3) is 3.12. The van der Waals surface area contributed by atoms with Gasteiger partial charge in [0.2, 0.25) is 5.88 Å². The van der Waals surface area contributed by atoms with Crippen LogP contribution in [0.3, 0.4) is 0 Å². The number of carbonyl (C=O) groups is 1. The van der Waals surface area contributed by atoms with E-state index in [1.807, 2.05) is 13.8 Å². The van der Waals surface area contributed by atoms with E-state index in [1.54, 1.807) is 30.6 Å². The first-order valence-corrected chi connectivity index (χ1v) is 6.27. The molecule has 0 fully saturated rings. The molecule has 0 aromatic carbocycles. The van der Waals surface area contributed by atoms with E-state index in [9.17, 15) is 4.79 Å². The van der Waals surface area contributed by atoms with Gasteiger partial charge in [0.25, 0.3) is 0 Å². The average molecular weight is 272 g/mol. The predicted molar refractivity (Wildman–Crippen MR) is 74.2 cm³/mol. The van der Waals surface area contributed by atoms with Gasteiger partial charge in [-0.3, -0.25) is 9.78 Å². The first-order valence-electron chi connectivity index (χ1n) is 6.27. The number of hydrogen-bond donors (Lipinski definition) is 0. The Morgan fingerprint density at radius 2 is 2.10 bits per heavy atom. The largest absolute Gasteiger partial charge is 0.489 e. The van der Waals surface area contributed by atoms with E-state index in [1.165, 1.54) is 13.3 Å². The van der Waals surface area contributed by atoms with Crippen LogP contribution < -0.4 is 9.47 Å². The molecule has 104 valence electrons. The van der Waals surface area contributed by atoms with Crippen LogP contribution in [-0.2, 0) is 0 Å². The van der Waals surface area contributed by atoms with E-state index in [-0.39, 0.29) is 11.9 Å². The van der Waals surface area contributed by atoms with Crippen molar-refractivity contribution in [1.82, 2.24) is 9.97 Å². The molecule has 0 bridgehead atoms. The van der Waals surface area contributed by atoms with Gasteiger partial charge in [0.1, 0.15) is 5.75 Å². The Balaban J connectivity index is 2.33. The van der Waals surface area contributed by atoms with Crippen molar-refractivity contribution in [3.63, 3.8) is 0 Å². The van der Waals surface area contributed by atoms with Gasteiger partial charge in [-0.1, -0.05) is 0 Å². The van der Waals surface area contributed by atoms with Crippen molar-refractivity contribution in [2.45, 2.75) is 20.0 Å². The number of ether oxygens (including phenoxy) is 2. The summed E-state index contributed by atoms with van der Waals surface area (Å²) < 4.78 is 10.6. The summed E-state index contributed by atoms with van der Waals surface area (Å²) in [5.74, 6) is 0.665. The van der Waals surface area contributed by atoms with Gasteiger partial charge in [0, 0.05) is 18.0 Å². The number of methoxy groups -OCH3 is 1.